The Morgan fingerprint density at radius 3 is 2.56 bits per heavy atom. The molecule has 0 spiro atoms. The van der Waals surface area contributed by atoms with E-state index in [1.165, 1.54) is 12.1 Å². The summed E-state index contributed by atoms with van der Waals surface area (Å²) in [7, 11) is 0. The smallest absolute Gasteiger partial charge is 0.132 e. The lowest BCUT2D eigenvalue weighted by Crippen LogP contribution is -2.25. The maximum absolute atomic E-state index is 13.8. The van der Waals surface area contributed by atoms with E-state index in [2.05, 4.69) is 0 Å². The molecule has 1 nitrogen and oxygen atoms in total. The average Bonchev–Trinajstić information content (AvgIpc) is 2.69. The van der Waals surface area contributed by atoms with Crippen molar-refractivity contribution >= 4 is 0 Å². The van der Waals surface area contributed by atoms with E-state index >= 15 is 0 Å². The minimum atomic E-state index is -1.34. The summed E-state index contributed by atoms with van der Waals surface area (Å²) in [5.41, 5.74) is 0.544. The Bertz CT molecular complexity index is 609. The van der Waals surface area contributed by atoms with E-state index in [1.54, 1.807) is 6.07 Å². The summed E-state index contributed by atoms with van der Waals surface area (Å²) in [5.74, 6) is -1.33. The zero-order valence-electron chi connectivity index (χ0n) is 9.66. The lowest BCUT2D eigenvalue weighted by Gasteiger charge is -2.25. The molecule has 0 radical (unpaired) electrons. The van der Waals surface area contributed by atoms with Crippen molar-refractivity contribution in [3.05, 3.63) is 70.8 Å². The van der Waals surface area contributed by atoms with Crippen LogP contribution in [-0.4, -0.2) is 5.11 Å². The van der Waals surface area contributed by atoms with Gasteiger partial charge in [0.1, 0.15) is 17.2 Å². The number of fused-ring (bicyclic) bond motifs is 1. The number of aliphatic hydroxyl groups is 1. The van der Waals surface area contributed by atoms with Gasteiger partial charge in [-0.2, -0.15) is 0 Å². The molecule has 2 aromatic carbocycles. The van der Waals surface area contributed by atoms with Crippen LogP contribution in [0.15, 0.2) is 42.5 Å². The van der Waals surface area contributed by atoms with Crippen LogP contribution in [0.25, 0.3) is 0 Å². The highest BCUT2D eigenvalue weighted by Gasteiger charge is 2.39. The summed E-state index contributed by atoms with van der Waals surface area (Å²) >= 11 is 0. The zero-order chi connectivity index (χ0) is 12.8. The van der Waals surface area contributed by atoms with Crippen LogP contribution in [0.4, 0.5) is 8.78 Å². The van der Waals surface area contributed by atoms with E-state index in [4.69, 9.17) is 0 Å². The highest BCUT2D eigenvalue weighted by Crippen LogP contribution is 2.42. The monoisotopic (exact) mass is 246 g/mol. The minimum absolute atomic E-state index is 0.147. The van der Waals surface area contributed by atoms with Crippen molar-refractivity contribution in [2.24, 2.45) is 0 Å². The van der Waals surface area contributed by atoms with Gasteiger partial charge in [0.25, 0.3) is 0 Å². The van der Waals surface area contributed by atoms with Gasteiger partial charge in [-0.15, -0.1) is 0 Å². The first-order valence-electron chi connectivity index (χ1n) is 5.87. The first-order chi connectivity index (χ1) is 8.61. The van der Waals surface area contributed by atoms with E-state index in [0.29, 0.717) is 12.8 Å². The Morgan fingerprint density at radius 2 is 1.78 bits per heavy atom. The lowest BCUT2D eigenvalue weighted by molar-refractivity contribution is 0.0788. The van der Waals surface area contributed by atoms with E-state index in [9.17, 15) is 13.9 Å². The van der Waals surface area contributed by atoms with Gasteiger partial charge in [-0.25, -0.2) is 8.78 Å². The van der Waals surface area contributed by atoms with Crippen LogP contribution in [0, 0.1) is 11.6 Å². The van der Waals surface area contributed by atoms with Gasteiger partial charge in [-0.1, -0.05) is 24.3 Å². The second-order valence-corrected chi connectivity index (χ2v) is 4.64. The number of aryl methyl sites for hydroxylation is 1. The summed E-state index contributed by atoms with van der Waals surface area (Å²) in [6.45, 7) is 0. The predicted octanol–water partition coefficient (Wildman–Crippen LogP) is 3.15. The molecule has 1 unspecified atom stereocenters. The standard InChI is InChI=1S/C15H12F2O/c16-11-5-6-13(14(17)9-11)15(18)8-7-10-3-1-2-4-12(10)15/h1-6,9,18H,7-8H2. The van der Waals surface area contributed by atoms with Crippen LogP contribution in [0.5, 0.6) is 0 Å². The summed E-state index contributed by atoms with van der Waals surface area (Å²) in [6.07, 6.45) is 1.12. The fraction of sp³-hybridized carbons (Fsp3) is 0.200. The van der Waals surface area contributed by atoms with Gasteiger partial charge in [0.15, 0.2) is 0 Å². The third-order valence-electron chi connectivity index (χ3n) is 3.60. The molecule has 3 heteroatoms. The van der Waals surface area contributed by atoms with E-state index in [0.717, 1.165) is 17.2 Å². The molecule has 0 bridgehead atoms. The molecule has 0 amide bonds. The zero-order valence-corrected chi connectivity index (χ0v) is 9.66. The van der Waals surface area contributed by atoms with E-state index < -0.39 is 17.2 Å². The number of rotatable bonds is 1. The molecule has 92 valence electrons. The van der Waals surface area contributed by atoms with E-state index in [1.807, 2.05) is 18.2 Å². The topological polar surface area (TPSA) is 20.2 Å². The van der Waals surface area contributed by atoms with Gasteiger partial charge >= 0.3 is 0 Å². The molecule has 1 aliphatic carbocycles. The van der Waals surface area contributed by atoms with Crippen LogP contribution in [0.2, 0.25) is 0 Å². The third-order valence-corrected chi connectivity index (χ3v) is 3.60. The van der Waals surface area contributed by atoms with Crippen LogP contribution < -0.4 is 0 Å². The molecule has 18 heavy (non-hydrogen) atoms. The Hall–Kier alpha value is -1.74. The van der Waals surface area contributed by atoms with Crippen molar-refractivity contribution in [2.45, 2.75) is 18.4 Å². The maximum Gasteiger partial charge on any atom is 0.132 e. The van der Waals surface area contributed by atoms with Crippen molar-refractivity contribution in [1.82, 2.24) is 0 Å². The largest absolute Gasteiger partial charge is 0.380 e. The van der Waals surface area contributed by atoms with Gasteiger partial charge in [-0.05, 0) is 36.1 Å². The number of halogens is 2. The SMILES string of the molecule is OC1(c2ccc(F)cc2F)CCc2ccccc21. The van der Waals surface area contributed by atoms with Gasteiger partial charge in [-0.3, -0.25) is 0 Å². The Balaban J connectivity index is 2.17. The highest BCUT2D eigenvalue weighted by molar-refractivity contribution is 5.45. The van der Waals surface area contributed by atoms with Crippen molar-refractivity contribution in [1.29, 1.82) is 0 Å². The Labute approximate surface area is 104 Å². The molecule has 0 aliphatic heterocycles. The van der Waals surface area contributed by atoms with Crippen LogP contribution in [-0.2, 0) is 12.0 Å². The second kappa shape index (κ2) is 3.89. The van der Waals surface area contributed by atoms with Crippen molar-refractivity contribution in [3.8, 4) is 0 Å². The minimum Gasteiger partial charge on any atom is -0.380 e. The van der Waals surface area contributed by atoms with Crippen molar-refractivity contribution in [3.63, 3.8) is 0 Å². The summed E-state index contributed by atoms with van der Waals surface area (Å²) in [6, 6.07) is 10.8. The van der Waals surface area contributed by atoms with Crippen LogP contribution >= 0.6 is 0 Å². The van der Waals surface area contributed by atoms with Gasteiger partial charge in [0, 0.05) is 11.6 Å². The molecular formula is C15H12F2O. The second-order valence-electron chi connectivity index (χ2n) is 4.64. The van der Waals surface area contributed by atoms with E-state index in [-0.39, 0.29) is 5.56 Å². The first-order valence-corrected chi connectivity index (χ1v) is 5.87. The molecular weight excluding hydrogens is 234 g/mol. The lowest BCUT2D eigenvalue weighted by atomic mass is 9.87. The molecule has 0 heterocycles. The summed E-state index contributed by atoms with van der Waals surface area (Å²) in [5, 5.41) is 10.7. The number of benzene rings is 2. The van der Waals surface area contributed by atoms with Gasteiger partial charge in [0.2, 0.25) is 0 Å². The van der Waals surface area contributed by atoms with Gasteiger partial charge < -0.3 is 5.11 Å². The summed E-state index contributed by atoms with van der Waals surface area (Å²) in [4.78, 5) is 0. The molecule has 3 rings (SSSR count). The number of hydrogen-bond acceptors (Lipinski definition) is 1. The fourth-order valence-corrected chi connectivity index (χ4v) is 2.70. The molecule has 0 saturated carbocycles. The molecule has 2 aromatic rings. The third kappa shape index (κ3) is 1.55. The van der Waals surface area contributed by atoms with Gasteiger partial charge in [0.05, 0.1) is 0 Å². The fourth-order valence-electron chi connectivity index (χ4n) is 2.70. The normalized spacial score (nSPS) is 21.9. The first kappa shape index (κ1) is 11.4. The molecule has 0 aromatic heterocycles. The molecule has 1 aliphatic rings. The maximum atomic E-state index is 13.8. The number of hydrogen-bond donors (Lipinski definition) is 1. The Morgan fingerprint density at radius 1 is 1.00 bits per heavy atom. The Kier molecular flexibility index (Phi) is 2.45. The molecule has 1 N–H and O–H groups in total. The average molecular weight is 246 g/mol. The molecule has 0 fully saturated rings. The predicted molar refractivity (Wildman–Crippen MR) is 64.1 cm³/mol. The molecule has 1 atom stereocenters. The van der Waals surface area contributed by atoms with Crippen LogP contribution in [0.3, 0.4) is 0 Å². The van der Waals surface area contributed by atoms with Crippen molar-refractivity contribution < 1.29 is 13.9 Å². The summed E-state index contributed by atoms with van der Waals surface area (Å²) < 4.78 is 26.8. The van der Waals surface area contributed by atoms with Crippen LogP contribution in [0.1, 0.15) is 23.1 Å². The molecule has 0 saturated heterocycles. The van der Waals surface area contributed by atoms with Crippen molar-refractivity contribution in [2.75, 3.05) is 0 Å². The quantitative estimate of drug-likeness (QED) is 0.819. The highest BCUT2D eigenvalue weighted by atomic mass is 19.1.